The van der Waals surface area contributed by atoms with E-state index in [-0.39, 0.29) is 12.2 Å². The van der Waals surface area contributed by atoms with Crippen LogP contribution in [-0.4, -0.2) is 27.9 Å². The Morgan fingerprint density at radius 3 is 2.68 bits per heavy atom. The number of ether oxygens (including phenoxy) is 1. The number of aromatic nitrogens is 2. The van der Waals surface area contributed by atoms with Crippen LogP contribution in [0, 0.1) is 0 Å². The first kappa shape index (κ1) is 13.2. The molecule has 0 bridgehead atoms. The molecule has 1 heterocycles. The molecule has 0 spiro atoms. The first-order valence-electron chi connectivity index (χ1n) is 5.94. The predicted molar refractivity (Wildman–Crippen MR) is 66.6 cm³/mol. The summed E-state index contributed by atoms with van der Waals surface area (Å²) in [6.45, 7) is 2.95. The number of carboxylic acid groups (broad SMARTS) is 1. The molecule has 0 saturated heterocycles. The van der Waals surface area contributed by atoms with Crippen LogP contribution in [0.3, 0.4) is 0 Å². The highest BCUT2D eigenvalue weighted by molar-refractivity contribution is 5.88. The molecule has 6 nitrogen and oxygen atoms in total. The molecule has 1 aromatic carbocycles. The Morgan fingerprint density at radius 1 is 1.32 bits per heavy atom. The average Bonchev–Trinajstić information content (AvgIpc) is 2.88. The Morgan fingerprint density at radius 2 is 2.05 bits per heavy atom. The molecule has 0 aliphatic carbocycles. The molecular weight excluding hydrogens is 248 g/mol. The summed E-state index contributed by atoms with van der Waals surface area (Å²) in [5.74, 6) is -0.205. The van der Waals surface area contributed by atoms with E-state index in [4.69, 9.17) is 14.3 Å². The lowest BCUT2D eigenvalue weighted by Gasteiger charge is -1.97. The van der Waals surface area contributed by atoms with Crippen molar-refractivity contribution in [3.05, 3.63) is 35.7 Å². The van der Waals surface area contributed by atoms with E-state index in [0.29, 0.717) is 24.0 Å². The van der Waals surface area contributed by atoms with Gasteiger partial charge in [0.25, 0.3) is 0 Å². The Bertz CT molecular complexity index is 548. The van der Waals surface area contributed by atoms with E-state index in [9.17, 15) is 4.79 Å². The molecule has 2 rings (SSSR count). The van der Waals surface area contributed by atoms with Crippen molar-refractivity contribution in [2.75, 3.05) is 6.61 Å². The quantitative estimate of drug-likeness (QED) is 0.804. The van der Waals surface area contributed by atoms with Gasteiger partial charge in [0.2, 0.25) is 11.8 Å². The van der Waals surface area contributed by atoms with Crippen molar-refractivity contribution in [3.8, 4) is 11.5 Å². The molecule has 0 radical (unpaired) electrons. The Kier molecular flexibility index (Phi) is 4.25. The van der Waals surface area contributed by atoms with Gasteiger partial charge in [-0.15, -0.1) is 10.2 Å². The SMILES string of the molecule is CCCOCc1nnc(-c2ccc(C(=O)O)cc2)o1. The minimum Gasteiger partial charge on any atom is -0.478 e. The number of carbonyl (C=O) groups is 1. The van der Waals surface area contributed by atoms with Crippen LogP contribution in [-0.2, 0) is 11.3 Å². The van der Waals surface area contributed by atoms with E-state index in [1.807, 2.05) is 6.92 Å². The van der Waals surface area contributed by atoms with Gasteiger partial charge >= 0.3 is 5.97 Å². The molecule has 0 unspecified atom stereocenters. The normalized spacial score (nSPS) is 10.6. The summed E-state index contributed by atoms with van der Waals surface area (Å²) in [7, 11) is 0. The average molecular weight is 262 g/mol. The standard InChI is InChI=1S/C13H14N2O4/c1-2-7-18-8-11-14-15-12(19-11)9-3-5-10(6-4-9)13(16)17/h3-6H,2,7-8H2,1H3,(H,16,17). The largest absolute Gasteiger partial charge is 0.478 e. The lowest BCUT2D eigenvalue weighted by molar-refractivity contribution is 0.0697. The van der Waals surface area contributed by atoms with E-state index in [1.165, 1.54) is 12.1 Å². The summed E-state index contributed by atoms with van der Waals surface area (Å²) in [5.41, 5.74) is 0.897. The van der Waals surface area contributed by atoms with E-state index in [2.05, 4.69) is 10.2 Å². The Balaban J connectivity index is 2.07. The predicted octanol–water partition coefficient (Wildman–Crippen LogP) is 2.36. The second-order valence-corrected chi connectivity index (χ2v) is 3.94. The number of hydrogen-bond acceptors (Lipinski definition) is 5. The van der Waals surface area contributed by atoms with E-state index in [0.717, 1.165) is 6.42 Å². The monoisotopic (exact) mass is 262 g/mol. The molecule has 19 heavy (non-hydrogen) atoms. The molecule has 0 fully saturated rings. The van der Waals surface area contributed by atoms with Crippen LogP contribution in [0.15, 0.2) is 28.7 Å². The number of carboxylic acids is 1. The number of benzene rings is 1. The van der Waals surface area contributed by atoms with Crippen molar-refractivity contribution in [3.63, 3.8) is 0 Å². The van der Waals surface area contributed by atoms with E-state index < -0.39 is 5.97 Å². The molecule has 6 heteroatoms. The summed E-state index contributed by atoms with van der Waals surface area (Å²) in [4.78, 5) is 10.7. The molecule has 0 amide bonds. The first-order valence-corrected chi connectivity index (χ1v) is 5.94. The van der Waals surface area contributed by atoms with E-state index in [1.54, 1.807) is 12.1 Å². The molecule has 100 valence electrons. The van der Waals surface area contributed by atoms with Gasteiger partial charge in [0.15, 0.2) is 0 Å². The van der Waals surface area contributed by atoms with Crippen molar-refractivity contribution in [2.45, 2.75) is 20.0 Å². The molecule has 1 aromatic heterocycles. The second-order valence-electron chi connectivity index (χ2n) is 3.94. The van der Waals surface area contributed by atoms with Gasteiger partial charge in [-0.2, -0.15) is 0 Å². The third-order valence-corrected chi connectivity index (χ3v) is 2.42. The zero-order valence-electron chi connectivity index (χ0n) is 10.5. The lowest BCUT2D eigenvalue weighted by Crippen LogP contribution is -1.94. The molecule has 0 saturated carbocycles. The van der Waals surface area contributed by atoms with Gasteiger partial charge in [0, 0.05) is 12.2 Å². The minimum absolute atomic E-state index is 0.217. The fraction of sp³-hybridized carbons (Fsp3) is 0.308. The third-order valence-electron chi connectivity index (χ3n) is 2.42. The number of aromatic carboxylic acids is 1. The van der Waals surface area contributed by atoms with Crippen LogP contribution in [0.2, 0.25) is 0 Å². The topological polar surface area (TPSA) is 85.5 Å². The minimum atomic E-state index is -0.967. The van der Waals surface area contributed by atoms with Gasteiger partial charge in [0.05, 0.1) is 5.56 Å². The van der Waals surface area contributed by atoms with Gasteiger partial charge in [-0.3, -0.25) is 0 Å². The molecule has 1 N–H and O–H groups in total. The Labute approximate surface area is 110 Å². The molecule has 0 aliphatic heterocycles. The molecule has 0 aliphatic rings. The Hall–Kier alpha value is -2.21. The molecular formula is C13H14N2O4. The number of hydrogen-bond donors (Lipinski definition) is 1. The van der Waals surface area contributed by atoms with Crippen LogP contribution < -0.4 is 0 Å². The van der Waals surface area contributed by atoms with Crippen LogP contribution >= 0.6 is 0 Å². The van der Waals surface area contributed by atoms with Crippen LogP contribution in [0.25, 0.3) is 11.5 Å². The van der Waals surface area contributed by atoms with Gasteiger partial charge in [-0.1, -0.05) is 6.92 Å². The fourth-order valence-electron chi connectivity index (χ4n) is 1.49. The number of rotatable bonds is 6. The van der Waals surface area contributed by atoms with Gasteiger partial charge < -0.3 is 14.3 Å². The smallest absolute Gasteiger partial charge is 0.335 e. The summed E-state index contributed by atoms with van der Waals surface area (Å²) < 4.78 is 10.7. The lowest BCUT2D eigenvalue weighted by atomic mass is 10.1. The summed E-state index contributed by atoms with van der Waals surface area (Å²) in [6.07, 6.45) is 0.928. The van der Waals surface area contributed by atoms with Crippen molar-refractivity contribution < 1.29 is 19.1 Å². The van der Waals surface area contributed by atoms with Crippen molar-refractivity contribution in [2.24, 2.45) is 0 Å². The number of nitrogens with zero attached hydrogens (tertiary/aromatic N) is 2. The zero-order valence-corrected chi connectivity index (χ0v) is 10.5. The zero-order chi connectivity index (χ0) is 13.7. The highest BCUT2D eigenvalue weighted by Gasteiger charge is 2.09. The van der Waals surface area contributed by atoms with Crippen LogP contribution in [0.5, 0.6) is 0 Å². The van der Waals surface area contributed by atoms with Crippen molar-refractivity contribution in [1.82, 2.24) is 10.2 Å². The summed E-state index contributed by atoms with van der Waals surface area (Å²) in [6, 6.07) is 6.26. The summed E-state index contributed by atoms with van der Waals surface area (Å²) in [5, 5.41) is 16.6. The maximum absolute atomic E-state index is 10.7. The molecule has 0 atom stereocenters. The van der Waals surface area contributed by atoms with Crippen LogP contribution in [0.1, 0.15) is 29.6 Å². The maximum atomic E-state index is 10.7. The van der Waals surface area contributed by atoms with Gasteiger partial charge in [-0.25, -0.2) is 4.79 Å². The molecule has 2 aromatic rings. The maximum Gasteiger partial charge on any atom is 0.335 e. The highest BCUT2D eigenvalue weighted by atomic mass is 16.5. The van der Waals surface area contributed by atoms with Crippen molar-refractivity contribution in [1.29, 1.82) is 0 Å². The van der Waals surface area contributed by atoms with Gasteiger partial charge in [-0.05, 0) is 30.7 Å². The second kappa shape index (κ2) is 6.10. The van der Waals surface area contributed by atoms with Crippen molar-refractivity contribution >= 4 is 5.97 Å². The van der Waals surface area contributed by atoms with E-state index >= 15 is 0 Å². The summed E-state index contributed by atoms with van der Waals surface area (Å²) >= 11 is 0. The van der Waals surface area contributed by atoms with Crippen LogP contribution in [0.4, 0.5) is 0 Å². The van der Waals surface area contributed by atoms with Gasteiger partial charge in [0.1, 0.15) is 6.61 Å². The third kappa shape index (κ3) is 3.38. The first-order chi connectivity index (χ1) is 9.20. The highest BCUT2D eigenvalue weighted by Crippen LogP contribution is 2.18. The fourth-order valence-corrected chi connectivity index (χ4v) is 1.49.